The standard InChI is InChI=1S/C54H58Cl2N6O/c55-47-23-21-45(51(39-47)53-19-7-9-25-57-53)37-49(41-61-33-29-59(30-34-61)27-11-17-43-13-3-1-4-14-43)63-50(38-46-22-24-48(56)40-52(46)54-20-8-10-26-58-54)42-62-35-31-60(32-36-62)28-12-18-44-15-5-2-6-16-44/h1-26,39-40,49-50H,27-38,41-42H2. The molecule has 0 N–H and O–H groups in total. The Bertz CT molecular complexity index is 2180. The van der Waals surface area contributed by atoms with Crippen molar-refractivity contribution in [3.05, 3.63) is 190 Å². The fourth-order valence-corrected chi connectivity index (χ4v) is 9.08. The van der Waals surface area contributed by atoms with E-state index in [1.807, 2.05) is 48.8 Å². The number of pyridine rings is 2. The summed E-state index contributed by atoms with van der Waals surface area (Å²) in [6.45, 7) is 11.5. The fraction of sp³-hybridized carbons (Fsp3) is 0.296. The minimum Gasteiger partial charge on any atom is -0.372 e. The van der Waals surface area contributed by atoms with Gasteiger partial charge in [-0.1, -0.05) is 132 Å². The maximum Gasteiger partial charge on any atom is 0.0747 e. The average molecular weight is 878 g/mol. The topological polar surface area (TPSA) is 48.0 Å². The Labute approximate surface area is 384 Å². The van der Waals surface area contributed by atoms with Crippen LogP contribution >= 0.6 is 23.2 Å². The Morgan fingerprint density at radius 1 is 0.476 bits per heavy atom. The second kappa shape index (κ2) is 23.1. The molecule has 0 bridgehead atoms. The summed E-state index contributed by atoms with van der Waals surface area (Å²) in [6.07, 6.45) is 14.0. The summed E-state index contributed by atoms with van der Waals surface area (Å²) >= 11 is 13.3. The van der Waals surface area contributed by atoms with Crippen LogP contribution in [-0.4, -0.2) is 120 Å². The smallest absolute Gasteiger partial charge is 0.0747 e. The normalized spacial score (nSPS) is 16.8. The zero-order valence-corrected chi connectivity index (χ0v) is 37.6. The van der Waals surface area contributed by atoms with Gasteiger partial charge < -0.3 is 4.74 Å². The van der Waals surface area contributed by atoms with E-state index >= 15 is 0 Å². The van der Waals surface area contributed by atoms with Crippen molar-refractivity contribution in [1.82, 2.24) is 29.6 Å². The first-order chi connectivity index (χ1) is 31.0. The van der Waals surface area contributed by atoms with E-state index in [2.05, 4.69) is 141 Å². The quantitative estimate of drug-likeness (QED) is 0.0853. The van der Waals surface area contributed by atoms with E-state index in [0.29, 0.717) is 10.0 Å². The van der Waals surface area contributed by atoms with Gasteiger partial charge in [0.2, 0.25) is 0 Å². The molecule has 0 spiro atoms. The molecule has 2 unspecified atom stereocenters. The largest absolute Gasteiger partial charge is 0.372 e. The lowest BCUT2D eigenvalue weighted by Crippen LogP contribution is -2.51. The Morgan fingerprint density at radius 3 is 1.27 bits per heavy atom. The summed E-state index contributed by atoms with van der Waals surface area (Å²) in [5.41, 5.74) is 8.78. The molecule has 9 heteroatoms. The molecule has 2 aliphatic heterocycles. The molecule has 8 rings (SSSR count). The van der Waals surface area contributed by atoms with Gasteiger partial charge in [0, 0.05) is 125 Å². The molecular formula is C54H58Cl2N6O. The van der Waals surface area contributed by atoms with E-state index in [4.69, 9.17) is 37.9 Å². The Kier molecular flexibility index (Phi) is 16.4. The van der Waals surface area contributed by atoms with Crippen LogP contribution in [0.15, 0.2) is 158 Å². The number of rotatable bonds is 18. The highest BCUT2D eigenvalue weighted by molar-refractivity contribution is 6.31. The Hall–Kier alpha value is -4.96. The fourth-order valence-electron chi connectivity index (χ4n) is 8.74. The van der Waals surface area contributed by atoms with Gasteiger partial charge in [-0.05, 0) is 70.8 Å². The lowest BCUT2D eigenvalue weighted by Gasteiger charge is -2.39. The van der Waals surface area contributed by atoms with E-state index in [0.717, 1.165) is 114 Å². The highest BCUT2D eigenvalue weighted by Crippen LogP contribution is 2.30. The highest BCUT2D eigenvalue weighted by atomic mass is 35.5. The minimum absolute atomic E-state index is 0.0850. The van der Waals surface area contributed by atoms with Gasteiger partial charge in [-0.25, -0.2) is 0 Å². The summed E-state index contributed by atoms with van der Waals surface area (Å²) in [7, 11) is 0. The summed E-state index contributed by atoms with van der Waals surface area (Å²) in [4.78, 5) is 19.8. The van der Waals surface area contributed by atoms with Gasteiger partial charge >= 0.3 is 0 Å². The van der Waals surface area contributed by atoms with Crippen molar-refractivity contribution >= 4 is 35.4 Å². The molecule has 4 heterocycles. The van der Waals surface area contributed by atoms with Crippen LogP contribution in [0.1, 0.15) is 22.3 Å². The van der Waals surface area contributed by atoms with Gasteiger partial charge in [-0.3, -0.25) is 29.6 Å². The predicted molar refractivity (Wildman–Crippen MR) is 262 cm³/mol. The molecule has 0 radical (unpaired) electrons. The number of aromatic nitrogens is 2. The molecule has 2 fully saturated rings. The van der Waals surface area contributed by atoms with E-state index in [1.165, 1.54) is 22.3 Å². The van der Waals surface area contributed by atoms with Crippen LogP contribution in [0.5, 0.6) is 0 Å². The summed E-state index contributed by atoms with van der Waals surface area (Å²) in [5, 5.41) is 1.40. The molecule has 2 saturated heterocycles. The molecule has 0 saturated carbocycles. The lowest BCUT2D eigenvalue weighted by molar-refractivity contribution is -0.0500. The monoisotopic (exact) mass is 876 g/mol. The third-order valence-electron chi connectivity index (χ3n) is 12.1. The van der Waals surface area contributed by atoms with Crippen LogP contribution in [0.3, 0.4) is 0 Å². The molecule has 2 atom stereocenters. The van der Waals surface area contributed by atoms with Gasteiger partial charge in [0.15, 0.2) is 0 Å². The van der Waals surface area contributed by atoms with Crippen LogP contribution in [0.25, 0.3) is 34.7 Å². The van der Waals surface area contributed by atoms with Crippen molar-refractivity contribution in [2.75, 3.05) is 78.5 Å². The van der Waals surface area contributed by atoms with E-state index in [-0.39, 0.29) is 12.2 Å². The molecule has 7 nitrogen and oxygen atoms in total. The molecule has 63 heavy (non-hydrogen) atoms. The van der Waals surface area contributed by atoms with E-state index in [1.54, 1.807) is 0 Å². The number of nitrogens with zero attached hydrogens (tertiary/aromatic N) is 6. The van der Waals surface area contributed by atoms with E-state index in [9.17, 15) is 0 Å². The third-order valence-corrected chi connectivity index (χ3v) is 12.6. The lowest BCUT2D eigenvalue weighted by atomic mass is 9.96. The first-order valence-corrected chi connectivity index (χ1v) is 23.1. The van der Waals surface area contributed by atoms with Crippen LogP contribution in [0, 0.1) is 0 Å². The number of hydrogen-bond donors (Lipinski definition) is 0. The van der Waals surface area contributed by atoms with Gasteiger partial charge in [-0.15, -0.1) is 0 Å². The Morgan fingerprint density at radius 2 is 0.873 bits per heavy atom. The number of benzene rings is 4. The third kappa shape index (κ3) is 13.5. The van der Waals surface area contributed by atoms with Crippen LogP contribution in [0.4, 0.5) is 0 Å². The first-order valence-electron chi connectivity index (χ1n) is 22.4. The SMILES string of the molecule is Clc1ccc(CC(CN2CCN(CC=Cc3ccccc3)CC2)OC(Cc2ccc(Cl)cc2-c2ccccn2)CN2CCN(CC=Cc3ccccc3)CC2)c(-c2ccccn2)c1. The molecule has 6 aromatic rings. The molecule has 0 aliphatic carbocycles. The van der Waals surface area contributed by atoms with Crippen LogP contribution in [0.2, 0.25) is 10.0 Å². The molecular weight excluding hydrogens is 820 g/mol. The molecule has 2 aromatic heterocycles. The van der Waals surface area contributed by atoms with Gasteiger partial charge in [-0.2, -0.15) is 0 Å². The number of hydrogen-bond acceptors (Lipinski definition) is 7. The van der Waals surface area contributed by atoms with Crippen LogP contribution in [-0.2, 0) is 17.6 Å². The molecule has 0 amide bonds. The maximum atomic E-state index is 7.55. The second-order valence-electron chi connectivity index (χ2n) is 16.6. The zero-order chi connectivity index (χ0) is 43.1. The van der Waals surface area contributed by atoms with Gasteiger partial charge in [0.05, 0.1) is 23.6 Å². The minimum atomic E-state index is -0.0850. The number of halogens is 2. The molecule has 324 valence electrons. The van der Waals surface area contributed by atoms with Gasteiger partial charge in [0.1, 0.15) is 0 Å². The zero-order valence-electron chi connectivity index (χ0n) is 36.1. The van der Waals surface area contributed by atoms with E-state index < -0.39 is 0 Å². The predicted octanol–water partition coefficient (Wildman–Crippen LogP) is 10.3. The van der Waals surface area contributed by atoms with Crippen molar-refractivity contribution < 1.29 is 4.74 Å². The maximum absolute atomic E-state index is 7.55. The summed E-state index contributed by atoms with van der Waals surface area (Å²) in [6, 6.07) is 45.7. The number of ether oxygens (including phenoxy) is 1. The van der Waals surface area contributed by atoms with Crippen molar-refractivity contribution in [3.63, 3.8) is 0 Å². The molecule has 4 aromatic carbocycles. The van der Waals surface area contributed by atoms with Crippen LogP contribution < -0.4 is 0 Å². The average Bonchev–Trinajstić information content (AvgIpc) is 3.32. The van der Waals surface area contributed by atoms with Crippen molar-refractivity contribution in [2.45, 2.75) is 25.0 Å². The Balaban J connectivity index is 1.02. The second-order valence-corrected chi connectivity index (χ2v) is 17.5. The number of piperazine rings is 2. The highest BCUT2D eigenvalue weighted by Gasteiger charge is 2.28. The van der Waals surface area contributed by atoms with Crippen molar-refractivity contribution in [2.24, 2.45) is 0 Å². The van der Waals surface area contributed by atoms with Gasteiger partial charge in [0.25, 0.3) is 0 Å². The van der Waals surface area contributed by atoms with Crippen molar-refractivity contribution in [3.8, 4) is 22.5 Å². The first kappa shape index (κ1) is 44.6. The summed E-state index contributed by atoms with van der Waals surface area (Å²) in [5.74, 6) is 0. The summed E-state index contributed by atoms with van der Waals surface area (Å²) < 4.78 is 7.55. The van der Waals surface area contributed by atoms with Crippen molar-refractivity contribution in [1.29, 1.82) is 0 Å². The molecule has 2 aliphatic rings.